The van der Waals surface area contributed by atoms with E-state index < -0.39 is 11.8 Å². The first-order chi connectivity index (χ1) is 7.52. The van der Waals surface area contributed by atoms with Crippen LogP contribution in [0.4, 0.5) is 4.79 Å². The number of amidine groups is 1. The van der Waals surface area contributed by atoms with Gasteiger partial charge in [0.15, 0.2) is 6.29 Å². The van der Waals surface area contributed by atoms with Crippen LogP contribution in [0.25, 0.3) is 0 Å². The van der Waals surface area contributed by atoms with Gasteiger partial charge in [-0.15, -0.1) is 6.58 Å². The minimum absolute atomic E-state index is 0.0630. The van der Waals surface area contributed by atoms with Crippen molar-refractivity contribution < 1.29 is 14.3 Å². The maximum atomic E-state index is 11.6. The van der Waals surface area contributed by atoms with Crippen LogP contribution in [0.2, 0.25) is 0 Å². The standard InChI is InChI=1S/C10H17N3O3/c1-5-6-13-9(14)12-7(11)10(13,2)8(15-3)16-4/h5,8H,1,6H2,2-4H3,(H2,11,12,14). The number of urea groups is 1. The number of nitrogens with zero attached hydrogens (tertiary/aromatic N) is 1. The van der Waals surface area contributed by atoms with Crippen molar-refractivity contribution in [2.75, 3.05) is 20.8 Å². The molecule has 1 fully saturated rings. The predicted octanol–water partition coefficient (Wildman–Crippen LogP) is 0.552. The van der Waals surface area contributed by atoms with Gasteiger partial charge in [-0.25, -0.2) is 4.79 Å². The van der Waals surface area contributed by atoms with Crippen LogP contribution in [0.15, 0.2) is 12.7 Å². The van der Waals surface area contributed by atoms with Crippen LogP contribution in [-0.4, -0.2) is 49.4 Å². The van der Waals surface area contributed by atoms with E-state index in [1.54, 1.807) is 13.0 Å². The van der Waals surface area contributed by atoms with Gasteiger partial charge < -0.3 is 14.4 Å². The average Bonchev–Trinajstić information content (AvgIpc) is 2.45. The highest BCUT2D eigenvalue weighted by atomic mass is 16.7. The van der Waals surface area contributed by atoms with E-state index in [1.165, 1.54) is 19.1 Å². The lowest BCUT2D eigenvalue weighted by molar-refractivity contribution is -0.149. The predicted molar refractivity (Wildman–Crippen MR) is 59.4 cm³/mol. The Hall–Kier alpha value is -1.40. The minimum atomic E-state index is -0.950. The highest BCUT2D eigenvalue weighted by Crippen LogP contribution is 2.27. The van der Waals surface area contributed by atoms with Gasteiger partial charge in [-0.3, -0.25) is 10.7 Å². The molecule has 6 heteroatoms. The Labute approximate surface area is 94.7 Å². The van der Waals surface area contributed by atoms with Gasteiger partial charge in [-0.2, -0.15) is 0 Å². The number of carbonyl (C=O) groups is 1. The summed E-state index contributed by atoms with van der Waals surface area (Å²) in [6.07, 6.45) is 0.901. The molecule has 1 saturated heterocycles. The van der Waals surface area contributed by atoms with Crippen LogP contribution < -0.4 is 5.32 Å². The topological polar surface area (TPSA) is 74.7 Å². The Balaban J connectivity index is 3.08. The zero-order chi connectivity index (χ0) is 12.3. The number of methoxy groups -OCH3 is 2. The zero-order valence-corrected chi connectivity index (χ0v) is 9.74. The normalized spacial score (nSPS) is 25.1. The van der Waals surface area contributed by atoms with E-state index in [-0.39, 0.29) is 11.9 Å². The molecule has 16 heavy (non-hydrogen) atoms. The molecule has 2 amide bonds. The fraction of sp³-hybridized carbons (Fsp3) is 0.600. The van der Waals surface area contributed by atoms with Gasteiger partial charge in [0, 0.05) is 20.8 Å². The molecular weight excluding hydrogens is 210 g/mol. The van der Waals surface area contributed by atoms with Crippen LogP contribution in [0.3, 0.4) is 0 Å². The lowest BCUT2D eigenvalue weighted by atomic mass is 9.99. The smallest absolute Gasteiger partial charge is 0.324 e. The molecule has 6 nitrogen and oxygen atoms in total. The molecule has 0 bridgehead atoms. The second-order valence-electron chi connectivity index (χ2n) is 3.66. The monoisotopic (exact) mass is 227 g/mol. The molecule has 1 aliphatic rings. The molecule has 1 heterocycles. The van der Waals surface area contributed by atoms with Crippen molar-refractivity contribution in [2.24, 2.45) is 0 Å². The third-order valence-electron chi connectivity index (χ3n) is 2.74. The lowest BCUT2D eigenvalue weighted by Gasteiger charge is -2.37. The zero-order valence-electron chi connectivity index (χ0n) is 9.74. The van der Waals surface area contributed by atoms with Crippen molar-refractivity contribution in [3.63, 3.8) is 0 Å². The van der Waals surface area contributed by atoms with E-state index >= 15 is 0 Å². The molecule has 0 aromatic carbocycles. The summed E-state index contributed by atoms with van der Waals surface area (Å²) in [7, 11) is 2.95. The molecule has 1 aliphatic heterocycles. The van der Waals surface area contributed by atoms with E-state index in [0.29, 0.717) is 6.54 Å². The summed E-state index contributed by atoms with van der Waals surface area (Å²) in [5, 5.41) is 10.3. The molecule has 1 atom stereocenters. The van der Waals surface area contributed by atoms with E-state index in [0.717, 1.165) is 0 Å². The summed E-state index contributed by atoms with van der Waals surface area (Å²) in [6, 6.07) is -0.341. The van der Waals surface area contributed by atoms with Gasteiger partial charge in [-0.05, 0) is 6.92 Å². The van der Waals surface area contributed by atoms with Crippen molar-refractivity contribution >= 4 is 11.9 Å². The largest absolute Gasteiger partial charge is 0.353 e. The third kappa shape index (κ3) is 1.70. The quantitative estimate of drug-likeness (QED) is 0.532. The van der Waals surface area contributed by atoms with Gasteiger partial charge >= 0.3 is 6.03 Å². The molecule has 2 N–H and O–H groups in total. The summed E-state index contributed by atoms with van der Waals surface area (Å²) >= 11 is 0. The number of rotatable bonds is 5. The van der Waals surface area contributed by atoms with Crippen molar-refractivity contribution in [1.29, 1.82) is 5.41 Å². The Bertz CT molecular complexity index is 314. The number of nitrogens with one attached hydrogen (secondary N) is 2. The summed E-state index contributed by atoms with van der Waals surface area (Å²) in [5.74, 6) is 0.0630. The van der Waals surface area contributed by atoms with Crippen molar-refractivity contribution in [2.45, 2.75) is 18.8 Å². The number of hydrogen-bond donors (Lipinski definition) is 2. The number of carbonyl (C=O) groups excluding carboxylic acids is 1. The molecule has 0 radical (unpaired) electrons. The summed E-state index contributed by atoms with van der Waals surface area (Å²) in [5.41, 5.74) is -0.950. The average molecular weight is 227 g/mol. The van der Waals surface area contributed by atoms with E-state index in [4.69, 9.17) is 14.9 Å². The van der Waals surface area contributed by atoms with E-state index in [2.05, 4.69) is 11.9 Å². The second-order valence-corrected chi connectivity index (χ2v) is 3.66. The maximum Gasteiger partial charge on any atom is 0.324 e. The minimum Gasteiger partial charge on any atom is -0.353 e. The van der Waals surface area contributed by atoms with Crippen molar-refractivity contribution in [3.05, 3.63) is 12.7 Å². The fourth-order valence-electron chi connectivity index (χ4n) is 1.85. The van der Waals surface area contributed by atoms with Gasteiger partial charge in [0.25, 0.3) is 0 Å². The maximum absolute atomic E-state index is 11.6. The van der Waals surface area contributed by atoms with Gasteiger partial charge in [0.05, 0.1) is 0 Å². The molecule has 0 spiro atoms. The molecule has 1 unspecified atom stereocenters. The Morgan fingerprint density at radius 1 is 1.62 bits per heavy atom. The molecule has 0 aromatic heterocycles. The molecule has 0 aromatic rings. The molecule has 90 valence electrons. The highest BCUT2D eigenvalue weighted by molar-refractivity contribution is 6.08. The number of amides is 2. The summed E-state index contributed by atoms with van der Waals surface area (Å²) in [6.45, 7) is 5.63. The van der Waals surface area contributed by atoms with Crippen molar-refractivity contribution in [1.82, 2.24) is 10.2 Å². The van der Waals surface area contributed by atoms with Crippen LogP contribution in [0.1, 0.15) is 6.92 Å². The van der Waals surface area contributed by atoms with Crippen molar-refractivity contribution in [3.8, 4) is 0 Å². The highest BCUT2D eigenvalue weighted by Gasteiger charge is 2.52. The molecule has 0 aliphatic carbocycles. The van der Waals surface area contributed by atoms with Crippen LogP contribution in [0.5, 0.6) is 0 Å². The first-order valence-corrected chi connectivity index (χ1v) is 4.86. The number of hydrogen-bond acceptors (Lipinski definition) is 4. The summed E-state index contributed by atoms with van der Waals surface area (Å²) < 4.78 is 10.3. The van der Waals surface area contributed by atoms with Gasteiger partial charge in [0.2, 0.25) is 0 Å². The Kier molecular flexibility index (Phi) is 3.66. The Morgan fingerprint density at radius 2 is 2.19 bits per heavy atom. The summed E-state index contributed by atoms with van der Waals surface area (Å²) in [4.78, 5) is 13.1. The lowest BCUT2D eigenvalue weighted by Crippen LogP contribution is -2.57. The first kappa shape index (κ1) is 12.7. The van der Waals surface area contributed by atoms with E-state index in [9.17, 15) is 4.79 Å². The molecule has 1 rings (SSSR count). The SMILES string of the molecule is C=CCN1C(=O)NC(=N)C1(C)C(OC)OC. The molecule has 0 saturated carbocycles. The first-order valence-electron chi connectivity index (χ1n) is 4.86. The second kappa shape index (κ2) is 4.63. The fourth-order valence-corrected chi connectivity index (χ4v) is 1.85. The van der Waals surface area contributed by atoms with Crippen LogP contribution in [0, 0.1) is 5.41 Å². The van der Waals surface area contributed by atoms with Gasteiger partial charge in [0.1, 0.15) is 11.4 Å². The van der Waals surface area contributed by atoms with Crippen LogP contribution in [-0.2, 0) is 9.47 Å². The van der Waals surface area contributed by atoms with Gasteiger partial charge in [-0.1, -0.05) is 6.08 Å². The van der Waals surface area contributed by atoms with E-state index in [1.807, 2.05) is 0 Å². The third-order valence-corrected chi connectivity index (χ3v) is 2.74. The van der Waals surface area contributed by atoms with Crippen LogP contribution >= 0.6 is 0 Å². The number of ether oxygens (including phenoxy) is 2. The Morgan fingerprint density at radius 3 is 2.62 bits per heavy atom. The molecular formula is C10H17N3O3.